The lowest BCUT2D eigenvalue weighted by Gasteiger charge is -2.23. The van der Waals surface area contributed by atoms with Gasteiger partial charge in [0.25, 0.3) is 0 Å². The third-order valence-corrected chi connectivity index (χ3v) is 5.27. The van der Waals surface area contributed by atoms with Crippen LogP contribution in [0.3, 0.4) is 0 Å². The second-order valence-electron chi connectivity index (χ2n) is 9.50. The van der Waals surface area contributed by atoms with Gasteiger partial charge in [0.1, 0.15) is 0 Å². The summed E-state index contributed by atoms with van der Waals surface area (Å²) in [5.41, 5.74) is 0.293. The van der Waals surface area contributed by atoms with Crippen LogP contribution in [0.1, 0.15) is 104 Å². The van der Waals surface area contributed by atoms with Gasteiger partial charge >= 0.3 is 11.9 Å². The van der Waals surface area contributed by atoms with E-state index in [1.807, 2.05) is 0 Å². The Morgan fingerprint density at radius 1 is 0.710 bits per heavy atom. The van der Waals surface area contributed by atoms with E-state index in [2.05, 4.69) is 30.2 Å². The molecule has 1 unspecified atom stereocenters. The Balaban J connectivity index is 3.87. The molecule has 0 aromatic heterocycles. The summed E-state index contributed by atoms with van der Waals surface area (Å²) in [6, 6.07) is 0. The molecule has 6 heteroatoms. The Kier molecular flexibility index (Phi) is 18.8. The number of ether oxygens (including phenoxy) is 4. The molecule has 0 amide bonds. The standard InChI is InChI=1S/C25H48O6/c1-25(2,3)18-17-22(21-30-19-13-10-8-12-16-24(27)29-5)31-20-14-9-6-7-11-15-23(26)28-4/h22H,6-21H2,1-5H3. The van der Waals surface area contributed by atoms with E-state index >= 15 is 0 Å². The molecule has 0 saturated carbocycles. The molecule has 0 spiro atoms. The molecule has 0 radical (unpaired) electrons. The van der Waals surface area contributed by atoms with E-state index in [0.29, 0.717) is 24.9 Å². The Labute approximate surface area is 190 Å². The fourth-order valence-corrected chi connectivity index (χ4v) is 3.21. The molecular weight excluding hydrogens is 396 g/mol. The van der Waals surface area contributed by atoms with E-state index in [9.17, 15) is 9.59 Å². The molecule has 1 atom stereocenters. The first kappa shape index (κ1) is 29.9. The number of esters is 2. The van der Waals surface area contributed by atoms with Crippen molar-refractivity contribution in [2.24, 2.45) is 5.41 Å². The van der Waals surface area contributed by atoms with E-state index in [1.165, 1.54) is 14.2 Å². The van der Waals surface area contributed by atoms with Gasteiger partial charge in [0.2, 0.25) is 0 Å². The molecule has 6 nitrogen and oxygen atoms in total. The summed E-state index contributed by atoms with van der Waals surface area (Å²) in [4.78, 5) is 22.2. The Morgan fingerprint density at radius 3 is 1.71 bits per heavy atom. The highest BCUT2D eigenvalue weighted by Crippen LogP contribution is 2.23. The number of carbonyl (C=O) groups excluding carboxylic acids is 2. The maximum Gasteiger partial charge on any atom is 0.305 e. The molecular formula is C25H48O6. The second-order valence-corrected chi connectivity index (χ2v) is 9.50. The molecule has 0 aromatic rings. The number of rotatable bonds is 20. The van der Waals surface area contributed by atoms with Gasteiger partial charge < -0.3 is 18.9 Å². The zero-order valence-corrected chi connectivity index (χ0v) is 20.8. The third-order valence-electron chi connectivity index (χ3n) is 5.27. The van der Waals surface area contributed by atoms with E-state index in [1.54, 1.807) is 0 Å². The van der Waals surface area contributed by atoms with Crippen LogP contribution < -0.4 is 0 Å². The average Bonchev–Trinajstić information content (AvgIpc) is 2.73. The van der Waals surface area contributed by atoms with Crippen LogP contribution in [0.4, 0.5) is 0 Å². The van der Waals surface area contributed by atoms with Gasteiger partial charge in [0.05, 0.1) is 26.9 Å². The van der Waals surface area contributed by atoms with Crippen molar-refractivity contribution in [1.29, 1.82) is 0 Å². The third kappa shape index (κ3) is 21.9. The van der Waals surface area contributed by atoms with Gasteiger partial charge in [-0.3, -0.25) is 9.59 Å². The predicted octanol–water partition coefficient (Wildman–Crippen LogP) is 5.85. The summed E-state index contributed by atoms with van der Waals surface area (Å²) in [6.45, 7) is 8.93. The topological polar surface area (TPSA) is 71.1 Å². The molecule has 0 aliphatic heterocycles. The Morgan fingerprint density at radius 2 is 1.19 bits per heavy atom. The van der Waals surface area contributed by atoms with Crippen molar-refractivity contribution in [2.45, 2.75) is 110 Å². The summed E-state index contributed by atoms with van der Waals surface area (Å²) in [5.74, 6) is -0.248. The fourth-order valence-electron chi connectivity index (χ4n) is 3.21. The van der Waals surface area contributed by atoms with E-state index in [4.69, 9.17) is 9.47 Å². The number of hydrogen-bond acceptors (Lipinski definition) is 6. The number of methoxy groups -OCH3 is 2. The van der Waals surface area contributed by atoms with Gasteiger partial charge in [-0.15, -0.1) is 0 Å². The minimum Gasteiger partial charge on any atom is -0.469 e. The van der Waals surface area contributed by atoms with Gasteiger partial charge in [0.15, 0.2) is 0 Å². The van der Waals surface area contributed by atoms with Crippen LogP contribution in [0.2, 0.25) is 0 Å². The summed E-state index contributed by atoms with van der Waals surface area (Å²) in [7, 11) is 2.87. The zero-order chi connectivity index (χ0) is 23.4. The molecule has 0 heterocycles. The lowest BCUT2D eigenvalue weighted by molar-refractivity contribution is -0.141. The number of carbonyl (C=O) groups is 2. The smallest absolute Gasteiger partial charge is 0.305 e. The van der Waals surface area contributed by atoms with Crippen molar-refractivity contribution >= 4 is 11.9 Å². The minimum atomic E-state index is -0.128. The predicted molar refractivity (Wildman–Crippen MR) is 124 cm³/mol. The van der Waals surface area contributed by atoms with E-state index in [0.717, 1.165) is 83.8 Å². The first-order valence-corrected chi connectivity index (χ1v) is 12.1. The van der Waals surface area contributed by atoms with Crippen LogP contribution in [-0.2, 0) is 28.5 Å². The SMILES string of the molecule is COC(=O)CCCCCCCOC(CCC(C)(C)C)COCCCCCCC(=O)OC. The van der Waals surface area contributed by atoms with Crippen LogP contribution in [-0.4, -0.2) is 52.1 Å². The highest BCUT2D eigenvalue weighted by Gasteiger charge is 2.16. The molecule has 31 heavy (non-hydrogen) atoms. The van der Waals surface area contributed by atoms with E-state index < -0.39 is 0 Å². The highest BCUT2D eigenvalue weighted by molar-refractivity contribution is 5.69. The van der Waals surface area contributed by atoms with Gasteiger partial charge in [-0.2, -0.15) is 0 Å². The maximum absolute atomic E-state index is 11.1. The summed E-state index contributed by atoms with van der Waals surface area (Å²) < 4.78 is 21.3. The maximum atomic E-state index is 11.1. The fraction of sp³-hybridized carbons (Fsp3) is 0.920. The van der Waals surface area contributed by atoms with Gasteiger partial charge in [0, 0.05) is 26.1 Å². The Bertz CT molecular complexity index is 412. The van der Waals surface area contributed by atoms with Gasteiger partial charge in [-0.05, 0) is 43.9 Å². The zero-order valence-electron chi connectivity index (χ0n) is 20.8. The van der Waals surface area contributed by atoms with Crippen LogP contribution in [0, 0.1) is 5.41 Å². The molecule has 0 fully saturated rings. The van der Waals surface area contributed by atoms with E-state index in [-0.39, 0.29) is 18.0 Å². The van der Waals surface area contributed by atoms with Crippen molar-refractivity contribution < 1.29 is 28.5 Å². The van der Waals surface area contributed by atoms with Crippen molar-refractivity contribution in [3.8, 4) is 0 Å². The quantitative estimate of drug-likeness (QED) is 0.173. The molecule has 0 bridgehead atoms. The summed E-state index contributed by atoms with van der Waals surface area (Å²) in [6.07, 6.45) is 12.6. The molecule has 0 saturated heterocycles. The van der Waals surface area contributed by atoms with Crippen molar-refractivity contribution in [1.82, 2.24) is 0 Å². The largest absolute Gasteiger partial charge is 0.469 e. The summed E-state index contributed by atoms with van der Waals surface area (Å²) >= 11 is 0. The lowest BCUT2D eigenvalue weighted by atomic mass is 9.89. The van der Waals surface area contributed by atoms with Gasteiger partial charge in [-0.25, -0.2) is 0 Å². The van der Waals surface area contributed by atoms with Crippen LogP contribution in [0.15, 0.2) is 0 Å². The van der Waals surface area contributed by atoms with Crippen LogP contribution in [0.5, 0.6) is 0 Å². The van der Waals surface area contributed by atoms with Crippen molar-refractivity contribution in [3.63, 3.8) is 0 Å². The highest BCUT2D eigenvalue weighted by atomic mass is 16.5. The number of unbranched alkanes of at least 4 members (excludes halogenated alkanes) is 7. The van der Waals surface area contributed by atoms with Gasteiger partial charge in [-0.1, -0.05) is 52.9 Å². The first-order chi connectivity index (χ1) is 14.8. The molecule has 0 aliphatic carbocycles. The molecule has 0 rings (SSSR count). The second kappa shape index (κ2) is 19.5. The molecule has 0 aromatic carbocycles. The van der Waals surface area contributed by atoms with Crippen molar-refractivity contribution in [3.05, 3.63) is 0 Å². The molecule has 0 N–H and O–H groups in total. The monoisotopic (exact) mass is 444 g/mol. The summed E-state index contributed by atoms with van der Waals surface area (Å²) in [5, 5.41) is 0. The Hall–Kier alpha value is -1.14. The van der Waals surface area contributed by atoms with Crippen LogP contribution >= 0.6 is 0 Å². The average molecular weight is 445 g/mol. The lowest BCUT2D eigenvalue weighted by Crippen LogP contribution is -2.23. The number of hydrogen-bond donors (Lipinski definition) is 0. The first-order valence-electron chi connectivity index (χ1n) is 12.1. The van der Waals surface area contributed by atoms with Crippen LogP contribution in [0.25, 0.3) is 0 Å². The van der Waals surface area contributed by atoms with Crippen molar-refractivity contribution in [2.75, 3.05) is 34.0 Å². The normalized spacial score (nSPS) is 12.5. The molecule has 0 aliphatic rings. The molecule has 184 valence electrons. The minimum absolute atomic E-state index is 0.119.